The van der Waals surface area contributed by atoms with Crippen molar-refractivity contribution in [1.29, 1.82) is 0 Å². The zero-order chi connectivity index (χ0) is 13.8. The molecule has 4 nitrogen and oxygen atoms in total. The van der Waals surface area contributed by atoms with E-state index in [4.69, 9.17) is 5.73 Å². The summed E-state index contributed by atoms with van der Waals surface area (Å²) in [4.78, 5) is 14.7. The normalized spacial score (nSPS) is 37.0. The minimum atomic E-state index is 0.0256. The van der Waals surface area contributed by atoms with Crippen LogP contribution in [0.15, 0.2) is 0 Å². The van der Waals surface area contributed by atoms with Gasteiger partial charge >= 0.3 is 0 Å². The zero-order valence-corrected chi connectivity index (χ0v) is 12.4. The molecule has 1 aliphatic carbocycles. The van der Waals surface area contributed by atoms with Gasteiger partial charge < -0.3 is 16.0 Å². The summed E-state index contributed by atoms with van der Waals surface area (Å²) in [5.74, 6) is 0.678. The Hall–Kier alpha value is -0.610. The van der Waals surface area contributed by atoms with Crippen LogP contribution in [0.25, 0.3) is 0 Å². The van der Waals surface area contributed by atoms with Crippen molar-refractivity contribution in [3.63, 3.8) is 0 Å². The first-order valence-electron chi connectivity index (χ1n) is 7.83. The van der Waals surface area contributed by atoms with E-state index in [1.165, 1.54) is 19.3 Å². The first-order chi connectivity index (χ1) is 9.09. The molecule has 1 saturated heterocycles. The molecule has 4 atom stereocenters. The van der Waals surface area contributed by atoms with Crippen LogP contribution in [-0.4, -0.2) is 43.0 Å². The van der Waals surface area contributed by atoms with Crippen molar-refractivity contribution in [2.75, 3.05) is 20.1 Å². The van der Waals surface area contributed by atoms with E-state index >= 15 is 0 Å². The molecule has 0 radical (unpaired) electrons. The molecule has 0 aromatic heterocycles. The van der Waals surface area contributed by atoms with E-state index in [0.717, 1.165) is 32.4 Å². The first-order valence-corrected chi connectivity index (χ1v) is 7.83. The molecular weight excluding hydrogens is 238 g/mol. The number of nitrogens with two attached hydrogens (primary N) is 1. The Morgan fingerprint density at radius 3 is 2.79 bits per heavy atom. The van der Waals surface area contributed by atoms with Gasteiger partial charge in [-0.2, -0.15) is 0 Å². The van der Waals surface area contributed by atoms with E-state index in [1.54, 1.807) is 0 Å². The Balaban J connectivity index is 1.80. The summed E-state index contributed by atoms with van der Waals surface area (Å²) in [5.41, 5.74) is 6.19. The van der Waals surface area contributed by atoms with E-state index in [-0.39, 0.29) is 17.9 Å². The summed E-state index contributed by atoms with van der Waals surface area (Å²) in [6.45, 7) is 4.10. The van der Waals surface area contributed by atoms with E-state index in [9.17, 15) is 4.79 Å². The summed E-state index contributed by atoms with van der Waals surface area (Å²) in [6, 6.07) is 0.549. The largest absolute Gasteiger partial charge is 0.354 e. The van der Waals surface area contributed by atoms with Crippen molar-refractivity contribution >= 4 is 5.91 Å². The number of piperidine rings is 1. The topological polar surface area (TPSA) is 58.4 Å². The van der Waals surface area contributed by atoms with E-state index in [0.29, 0.717) is 12.0 Å². The molecule has 1 heterocycles. The molecule has 2 fully saturated rings. The van der Waals surface area contributed by atoms with Crippen LogP contribution in [0.5, 0.6) is 0 Å². The Morgan fingerprint density at radius 2 is 2.05 bits per heavy atom. The van der Waals surface area contributed by atoms with Gasteiger partial charge in [0.1, 0.15) is 0 Å². The van der Waals surface area contributed by atoms with Crippen LogP contribution in [0.1, 0.15) is 45.4 Å². The number of hydrogen-bond acceptors (Lipinski definition) is 3. The Bertz CT molecular complexity index is 308. The SMILES string of the molecule is CC1CCCC(C(=O)NCC2CCCCN2C)C1N. The second kappa shape index (κ2) is 6.71. The van der Waals surface area contributed by atoms with Gasteiger partial charge in [-0.3, -0.25) is 4.79 Å². The highest BCUT2D eigenvalue weighted by Gasteiger charge is 2.33. The van der Waals surface area contributed by atoms with Gasteiger partial charge in [-0.25, -0.2) is 0 Å². The summed E-state index contributed by atoms with van der Waals surface area (Å²) < 4.78 is 0. The molecule has 0 bridgehead atoms. The maximum Gasteiger partial charge on any atom is 0.224 e. The number of rotatable bonds is 3. The fraction of sp³-hybridized carbons (Fsp3) is 0.933. The van der Waals surface area contributed by atoms with Gasteiger partial charge in [0.05, 0.1) is 5.92 Å². The van der Waals surface area contributed by atoms with Gasteiger partial charge in [0.2, 0.25) is 5.91 Å². The standard InChI is InChI=1S/C15H29N3O/c1-11-6-5-8-13(14(11)16)15(19)17-10-12-7-3-4-9-18(12)2/h11-14H,3-10,16H2,1-2H3,(H,17,19). The Labute approximate surface area is 117 Å². The van der Waals surface area contributed by atoms with Crippen LogP contribution in [0, 0.1) is 11.8 Å². The van der Waals surface area contributed by atoms with Crippen LogP contribution < -0.4 is 11.1 Å². The van der Waals surface area contributed by atoms with Crippen molar-refractivity contribution < 1.29 is 4.79 Å². The second-order valence-corrected chi connectivity index (χ2v) is 6.47. The molecule has 0 aromatic rings. The van der Waals surface area contributed by atoms with Crippen molar-refractivity contribution in [3.8, 4) is 0 Å². The third-order valence-corrected chi connectivity index (χ3v) is 5.07. The minimum Gasteiger partial charge on any atom is -0.354 e. The third kappa shape index (κ3) is 3.69. The lowest BCUT2D eigenvalue weighted by molar-refractivity contribution is -0.127. The van der Waals surface area contributed by atoms with Gasteiger partial charge in [0, 0.05) is 18.6 Å². The molecule has 0 aromatic carbocycles. The second-order valence-electron chi connectivity index (χ2n) is 6.47. The number of hydrogen-bond donors (Lipinski definition) is 2. The van der Waals surface area contributed by atoms with E-state index in [2.05, 4.69) is 24.2 Å². The third-order valence-electron chi connectivity index (χ3n) is 5.07. The predicted octanol–water partition coefficient (Wildman–Crippen LogP) is 1.35. The smallest absolute Gasteiger partial charge is 0.224 e. The van der Waals surface area contributed by atoms with Crippen LogP contribution in [-0.2, 0) is 4.79 Å². The lowest BCUT2D eigenvalue weighted by Gasteiger charge is -2.35. The molecule has 4 unspecified atom stereocenters. The van der Waals surface area contributed by atoms with Crippen LogP contribution >= 0.6 is 0 Å². The lowest BCUT2D eigenvalue weighted by atomic mass is 9.78. The van der Waals surface area contributed by atoms with E-state index < -0.39 is 0 Å². The monoisotopic (exact) mass is 267 g/mol. The lowest BCUT2D eigenvalue weighted by Crippen LogP contribution is -2.50. The summed E-state index contributed by atoms with van der Waals surface area (Å²) >= 11 is 0. The fourth-order valence-electron chi connectivity index (χ4n) is 3.50. The summed E-state index contributed by atoms with van der Waals surface area (Å²) in [5, 5.41) is 3.14. The summed E-state index contributed by atoms with van der Waals surface area (Å²) in [6.07, 6.45) is 7.02. The number of likely N-dealkylation sites (tertiary alicyclic amines) is 1. The minimum absolute atomic E-state index is 0.0256. The predicted molar refractivity (Wildman–Crippen MR) is 77.8 cm³/mol. The molecule has 2 rings (SSSR count). The van der Waals surface area contributed by atoms with Gasteiger partial charge in [-0.15, -0.1) is 0 Å². The van der Waals surface area contributed by atoms with Gasteiger partial charge in [0.25, 0.3) is 0 Å². The highest BCUT2D eigenvalue weighted by Crippen LogP contribution is 2.28. The van der Waals surface area contributed by atoms with Crippen molar-refractivity contribution in [2.24, 2.45) is 17.6 Å². The number of amides is 1. The van der Waals surface area contributed by atoms with Crippen molar-refractivity contribution in [2.45, 2.75) is 57.5 Å². The fourth-order valence-corrected chi connectivity index (χ4v) is 3.50. The highest BCUT2D eigenvalue weighted by molar-refractivity contribution is 5.79. The Morgan fingerprint density at radius 1 is 1.26 bits per heavy atom. The van der Waals surface area contributed by atoms with Crippen LogP contribution in [0.3, 0.4) is 0 Å². The van der Waals surface area contributed by atoms with Crippen molar-refractivity contribution in [3.05, 3.63) is 0 Å². The first kappa shape index (κ1) is 14.8. The molecule has 4 heteroatoms. The maximum absolute atomic E-state index is 12.3. The average molecular weight is 267 g/mol. The van der Waals surface area contributed by atoms with Crippen molar-refractivity contribution in [1.82, 2.24) is 10.2 Å². The molecule has 19 heavy (non-hydrogen) atoms. The summed E-state index contributed by atoms with van der Waals surface area (Å²) in [7, 11) is 2.16. The van der Waals surface area contributed by atoms with Crippen LogP contribution in [0.4, 0.5) is 0 Å². The molecule has 1 saturated carbocycles. The molecule has 0 spiro atoms. The molecule has 1 amide bonds. The van der Waals surface area contributed by atoms with Gasteiger partial charge in [-0.05, 0) is 45.2 Å². The van der Waals surface area contributed by atoms with Crippen LogP contribution in [0.2, 0.25) is 0 Å². The zero-order valence-electron chi connectivity index (χ0n) is 12.4. The number of carbonyl (C=O) groups excluding carboxylic acids is 1. The van der Waals surface area contributed by atoms with E-state index in [1.807, 2.05) is 0 Å². The van der Waals surface area contributed by atoms with Gasteiger partial charge in [0.15, 0.2) is 0 Å². The molecule has 1 aliphatic heterocycles. The maximum atomic E-state index is 12.3. The molecule has 110 valence electrons. The highest BCUT2D eigenvalue weighted by atomic mass is 16.1. The molecular formula is C15H29N3O. The number of carbonyl (C=O) groups is 1. The number of nitrogens with zero attached hydrogens (tertiary/aromatic N) is 1. The molecule has 3 N–H and O–H groups in total. The quantitative estimate of drug-likeness (QED) is 0.811. The average Bonchev–Trinajstić information content (AvgIpc) is 2.40. The van der Waals surface area contributed by atoms with Gasteiger partial charge in [-0.1, -0.05) is 19.8 Å². The Kier molecular flexibility index (Phi) is 5.22. The number of likely N-dealkylation sites (N-methyl/N-ethyl adjacent to an activating group) is 1. The number of nitrogens with one attached hydrogen (secondary N) is 1. The molecule has 2 aliphatic rings.